The van der Waals surface area contributed by atoms with Gasteiger partial charge in [-0.2, -0.15) is 5.10 Å². The molecule has 0 spiro atoms. The quantitative estimate of drug-likeness (QED) is 0.624. The number of aromatic nitrogens is 5. The lowest BCUT2D eigenvalue weighted by molar-refractivity contribution is 0.0932. The lowest BCUT2D eigenvalue weighted by Gasteiger charge is -2.17. The molecule has 2 aromatic heterocycles. The van der Waals surface area contributed by atoms with Crippen molar-refractivity contribution in [1.29, 1.82) is 0 Å². The Kier molecular flexibility index (Phi) is 6.31. The van der Waals surface area contributed by atoms with E-state index in [0.29, 0.717) is 17.9 Å². The minimum Gasteiger partial charge on any atom is -0.370 e. The topological polar surface area (TPSA) is 97.6 Å². The highest BCUT2D eigenvalue weighted by molar-refractivity contribution is 5.95. The van der Waals surface area contributed by atoms with Crippen molar-refractivity contribution in [1.82, 2.24) is 30.0 Å². The van der Waals surface area contributed by atoms with Crippen LogP contribution in [0.25, 0.3) is 11.4 Å². The van der Waals surface area contributed by atoms with Gasteiger partial charge in [0.15, 0.2) is 5.82 Å². The normalized spacial score (nSPS) is 11.8. The lowest BCUT2D eigenvalue weighted by atomic mass is 10.1. The highest BCUT2D eigenvalue weighted by Crippen LogP contribution is 2.19. The molecule has 28 heavy (non-hydrogen) atoms. The molecular formula is C20H25N7O. The van der Waals surface area contributed by atoms with Crippen LogP contribution in [0.15, 0.2) is 42.9 Å². The fraction of sp³-hybridized carbons (Fsp3) is 0.350. The van der Waals surface area contributed by atoms with Crippen molar-refractivity contribution < 1.29 is 4.79 Å². The summed E-state index contributed by atoms with van der Waals surface area (Å²) in [5.41, 5.74) is 1.34. The van der Waals surface area contributed by atoms with Crippen molar-refractivity contribution in [3.05, 3.63) is 54.2 Å². The fourth-order valence-electron chi connectivity index (χ4n) is 2.95. The summed E-state index contributed by atoms with van der Waals surface area (Å²) in [4.78, 5) is 26.0. The Morgan fingerprint density at radius 1 is 1.18 bits per heavy atom. The van der Waals surface area contributed by atoms with Gasteiger partial charge in [-0.1, -0.05) is 19.1 Å². The van der Waals surface area contributed by atoms with Gasteiger partial charge in [-0.15, -0.1) is 0 Å². The number of anilines is 1. The molecule has 0 saturated carbocycles. The van der Waals surface area contributed by atoms with Crippen LogP contribution in [-0.2, 0) is 6.54 Å². The number of carbonyl (C=O) groups is 1. The third-order valence-electron chi connectivity index (χ3n) is 4.37. The number of hydrogen-bond donors (Lipinski definition) is 2. The number of hydrogen-bond acceptors (Lipinski definition) is 6. The summed E-state index contributed by atoms with van der Waals surface area (Å²) in [6, 6.07) is 8.93. The monoisotopic (exact) mass is 379 g/mol. The average molecular weight is 379 g/mol. The van der Waals surface area contributed by atoms with E-state index in [9.17, 15) is 4.79 Å². The summed E-state index contributed by atoms with van der Waals surface area (Å²) in [5, 5.41) is 10.4. The van der Waals surface area contributed by atoms with Crippen molar-refractivity contribution in [3.8, 4) is 11.4 Å². The number of aryl methyl sites for hydroxylation is 1. The third-order valence-corrected chi connectivity index (χ3v) is 4.37. The molecule has 1 unspecified atom stereocenters. The van der Waals surface area contributed by atoms with Crippen molar-refractivity contribution in [3.63, 3.8) is 0 Å². The maximum absolute atomic E-state index is 12.8. The molecule has 1 aromatic carbocycles. The van der Waals surface area contributed by atoms with Crippen molar-refractivity contribution >= 4 is 11.7 Å². The molecule has 0 fully saturated rings. The second kappa shape index (κ2) is 9.07. The SMILES string of the molecule is CCNc1ccnc(-c2cccc(C(=O)NC(CC)c3ncnn3CC)c2)n1. The number of benzene rings is 1. The van der Waals surface area contributed by atoms with Crippen LogP contribution in [0.2, 0.25) is 0 Å². The number of amides is 1. The summed E-state index contributed by atoms with van der Waals surface area (Å²) in [6.07, 6.45) is 3.94. The second-order valence-corrected chi connectivity index (χ2v) is 6.24. The molecule has 0 saturated heterocycles. The molecule has 146 valence electrons. The van der Waals surface area contributed by atoms with Gasteiger partial charge in [-0.05, 0) is 38.5 Å². The van der Waals surface area contributed by atoms with Gasteiger partial charge in [-0.3, -0.25) is 4.79 Å². The molecule has 3 rings (SSSR count). The Labute approximate surface area is 164 Å². The van der Waals surface area contributed by atoms with Crippen LogP contribution >= 0.6 is 0 Å². The van der Waals surface area contributed by atoms with E-state index in [1.807, 2.05) is 39.0 Å². The summed E-state index contributed by atoms with van der Waals surface area (Å²) in [5.74, 6) is 1.93. The van der Waals surface area contributed by atoms with Gasteiger partial charge < -0.3 is 10.6 Å². The number of nitrogens with zero attached hydrogens (tertiary/aromatic N) is 5. The van der Waals surface area contributed by atoms with Crippen LogP contribution in [0.1, 0.15) is 49.4 Å². The largest absolute Gasteiger partial charge is 0.370 e. The molecule has 1 atom stereocenters. The Balaban J connectivity index is 1.81. The van der Waals surface area contributed by atoms with E-state index in [1.165, 1.54) is 6.33 Å². The summed E-state index contributed by atoms with van der Waals surface area (Å²) >= 11 is 0. The van der Waals surface area contributed by atoms with Gasteiger partial charge in [0.25, 0.3) is 5.91 Å². The first kappa shape index (κ1) is 19.5. The smallest absolute Gasteiger partial charge is 0.251 e. The van der Waals surface area contributed by atoms with Crippen LogP contribution < -0.4 is 10.6 Å². The van der Waals surface area contributed by atoms with Gasteiger partial charge in [0.05, 0.1) is 6.04 Å². The molecule has 3 aromatic rings. The van der Waals surface area contributed by atoms with Crippen molar-refractivity contribution in [2.24, 2.45) is 0 Å². The Hall–Kier alpha value is -3.29. The van der Waals surface area contributed by atoms with Gasteiger partial charge in [-0.25, -0.2) is 19.6 Å². The second-order valence-electron chi connectivity index (χ2n) is 6.24. The molecular weight excluding hydrogens is 354 g/mol. The standard InChI is InChI=1S/C20H25N7O/c1-4-16(19-23-13-24-27(19)6-3)25-20(28)15-9-7-8-14(12-15)18-22-11-10-17(26-18)21-5-2/h7-13,16H,4-6H2,1-3H3,(H,25,28)(H,21,22,26). The Morgan fingerprint density at radius 2 is 2.04 bits per heavy atom. The predicted octanol–water partition coefficient (Wildman–Crippen LogP) is 3.07. The van der Waals surface area contributed by atoms with E-state index in [-0.39, 0.29) is 11.9 Å². The van der Waals surface area contributed by atoms with Gasteiger partial charge in [0, 0.05) is 30.4 Å². The van der Waals surface area contributed by atoms with Crippen LogP contribution in [0.5, 0.6) is 0 Å². The highest BCUT2D eigenvalue weighted by Gasteiger charge is 2.19. The molecule has 8 nitrogen and oxygen atoms in total. The molecule has 0 bridgehead atoms. The molecule has 0 aliphatic heterocycles. The maximum Gasteiger partial charge on any atom is 0.251 e. The van der Waals surface area contributed by atoms with Crippen LogP contribution in [0.4, 0.5) is 5.82 Å². The Morgan fingerprint density at radius 3 is 2.79 bits per heavy atom. The lowest BCUT2D eigenvalue weighted by Crippen LogP contribution is -2.30. The summed E-state index contributed by atoms with van der Waals surface area (Å²) < 4.78 is 1.80. The first-order valence-electron chi connectivity index (χ1n) is 9.52. The van der Waals surface area contributed by atoms with Gasteiger partial charge >= 0.3 is 0 Å². The Bertz CT molecular complexity index is 938. The van der Waals surface area contributed by atoms with Gasteiger partial charge in [0.1, 0.15) is 18.0 Å². The van der Waals surface area contributed by atoms with Crippen LogP contribution in [0.3, 0.4) is 0 Å². The first-order chi connectivity index (χ1) is 13.7. The molecule has 0 aliphatic rings. The number of rotatable bonds is 8. The highest BCUT2D eigenvalue weighted by atomic mass is 16.1. The fourth-order valence-corrected chi connectivity index (χ4v) is 2.95. The van der Waals surface area contributed by atoms with E-state index in [1.54, 1.807) is 23.0 Å². The minimum absolute atomic E-state index is 0.165. The van der Waals surface area contributed by atoms with E-state index in [4.69, 9.17) is 0 Å². The van der Waals surface area contributed by atoms with E-state index >= 15 is 0 Å². The van der Waals surface area contributed by atoms with Crippen molar-refractivity contribution in [2.75, 3.05) is 11.9 Å². The summed E-state index contributed by atoms with van der Waals surface area (Å²) in [6.45, 7) is 7.50. The molecule has 0 radical (unpaired) electrons. The zero-order valence-corrected chi connectivity index (χ0v) is 16.4. The van der Waals surface area contributed by atoms with E-state index in [2.05, 4.69) is 30.7 Å². The minimum atomic E-state index is -0.202. The van der Waals surface area contributed by atoms with E-state index < -0.39 is 0 Å². The zero-order chi connectivity index (χ0) is 19.9. The summed E-state index contributed by atoms with van der Waals surface area (Å²) in [7, 11) is 0. The average Bonchev–Trinajstić information content (AvgIpc) is 3.21. The van der Waals surface area contributed by atoms with Crippen molar-refractivity contribution in [2.45, 2.75) is 39.8 Å². The third kappa shape index (κ3) is 4.33. The first-order valence-corrected chi connectivity index (χ1v) is 9.52. The number of nitrogens with one attached hydrogen (secondary N) is 2. The van der Waals surface area contributed by atoms with Crippen LogP contribution in [-0.4, -0.2) is 37.2 Å². The maximum atomic E-state index is 12.8. The zero-order valence-electron chi connectivity index (χ0n) is 16.4. The number of carbonyl (C=O) groups excluding carboxylic acids is 1. The molecule has 2 N–H and O–H groups in total. The molecule has 8 heteroatoms. The van der Waals surface area contributed by atoms with Gasteiger partial charge in [0.2, 0.25) is 0 Å². The predicted molar refractivity (Wildman–Crippen MR) is 108 cm³/mol. The molecule has 0 aliphatic carbocycles. The molecule has 1 amide bonds. The van der Waals surface area contributed by atoms with Crippen LogP contribution in [0, 0.1) is 0 Å². The molecule has 2 heterocycles. The van der Waals surface area contributed by atoms with E-state index in [0.717, 1.165) is 30.2 Å².